The van der Waals surface area contributed by atoms with Crippen LogP contribution in [0.3, 0.4) is 0 Å². The van der Waals surface area contributed by atoms with Crippen molar-refractivity contribution in [2.45, 2.75) is 6.18 Å². The Balaban J connectivity index is 1.91. The summed E-state index contributed by atoms with van der Waals surface area (Å²) < 4.78 is 49.4. The van der Waals surface area contributed by atoms with Crippen molar-refractivity contribution in [1.29, 1.82) is 0 Å². The molecule has 0 saturated carbocycles. The van der Waals surface area contributed by atoms with Gasteiger partial charge in [0, 0.05) is 11.8 Å². The second-order valence-corrected chi connectivity index (χ2v) is 3.38. The molecule has 1 heterocycles. The van der Waals surface area contributed by atoms with Crippen LogP contribution in [0.1, 0.15) is 0 Å². The summed E-state index contributed by atoms with van der Waals surface area (Å²) in [5, 5.41) is 2.15. The third kappa shape index (κ3) is 3.19. The molecule has 1 N–H and O–H groups in total. The topological polar surface area (TPSA) is 56.8 Å². The number of carbonyl (C=O) groups is 1. The SMILES string of the molecule is O=C(Nc1ccc2c(c1)OCO2)OCC(F)(F)F. The minimum Gasteiger partial charge on any atom is -0.454 e. The first kappa shape index (κ1) is 12.3. The summed E-state index contributed by atoms with van der Waals surface area (Å²) >= 11 is 0. The van der Waals surface area contributed by atoms with Gasteiger partial charge in [-0.2, -0.15) is 13.2 Å². The highest BCUT2D eigenvalue weighted by Crippen LogP contribution is 2.34. The Morgan fingerprint density at radius 2 is 2.06 bits per heavy atom. The lowest BCUT2D eigenvalue weighted by molar-refractivity contribution is -0.159. The van der Waals surface area contributed by atoms with Gasteiger partial charge in [0.05, 0.1) is 0 Å². The van der Waals surface area contributed by atoms with Gasteiger partial charge in [-0.05, 0) is 12.1 Å². The zero-order chi connectivity index (χ0) is 13.2. The van der Waals surface area contributed by atoms with Crippen LogP contribution in [-0.2, 0) is 4.74 Å². The maximum absolute atomic E-state index is 11.8. The molecule has 1 aliphatic heterocycles. The van der Waals surface area contributed by atoms with E-state index in [2.05, 4.69) is 10.1 Å². The van der Waals surface area contributed by atoms with Crippen LogP contribution >= 0.6 is 0 Å². The lowest BCUT2D eigenvalue weighted by Crippen LogP contribution is -2.23. The van der Waals surface area contributed by atoms with E-state index in [0.717, 1.165) is 0 Å². The number of carbonyl (C=O) groups excluding carboxylic acids is 1. The van der Waals surface area contributed by atoms with Crippen molar-refractivity contribution < 1.29 is 32.2 Å². The molecule has 0 radical (unpaired) electrons. The van der Waals surface area contributed by atoms with Crippen molar-refractivity contribution in [2.24, 2.45) is 0 Å². The molecular formula is C10H8F3NO4. The number of amides is 1. The molecule has 1 amide bonds. The van der Waals surface area contributed by atoms with Crippen LogP contribution in [0.5, 0.6) is 11.5 Å². The number of alkyl halides is 3. The molecule has 98 valence electrons. The van der Waals surface area contributed by atoms with Gasteiger partial charge >= 0.3 is 12.3 Å². The highest BCUT2D eigenvalue weighted by molar-refractivity contribution is 5.85. The van der Waals surface area contributed by atoms with Crippen LogP contribution < -0.4 is 14.8 Å². The number of rotatable bonds is 2. The Hall–Kier alpha value is -2.12. The summed E-state index contributed by atoms with van der Waals surface area (Å²) in [7, 11) is 0. The predicted molar refractivity (Wildman–Crippen MR) is 53.6 cm³/mol. The number of ether oxygens (including phenoxy) is 3. The van der Waals surface area contributed by atoms with E-state index in [1.165, 1.54) is 18.2 Å². The van der Waals surface area contributed by atoms with Gasteiger partial charge in [0.15, 0.2) is 18.1 Å². The molecule has 8 heteroatoms. The minimum absolute atomic E-state index is 0.0668. The number of hydrogen-bond acceptors (Lipinski definition) is 4. The van der Waals surface area contributed by atoms with Crippen molar-refractivity contribution in [1.82, 2.24) is 0 Å². The number of nitrogens with one attached hydrogen (secondary N) is 1. The largest absolute Gasteiger partial charge is 0.454 e. The lowest BCUT2D eigenvalue weighted by Gasteiger charge is -2.09. The molecule has 0 aromatic heterocycles. The Kier molecular flexibility index (Phi) is 3.17. The summed E-state index contributed by atoms with van der Waals surface area (Å²) in [4.78, 5) is 11.1. The molecule has 0 saturated heterocycles. The molecule has 1 aromatic rings. The van der Waals surface area contributed by atoms with Crippen LogP contribution in [0.25, 0.3) is 0 Å². The van der Waals surface area contributed by atoms with Crippen molar-refractivity contribution in [2.75, 3.05) is 18.7 Å². The average molecular weight is 263 g/mol. The minimum atomic E-state index is -4.55. The highest BCUT2D eigenvalue weighted by Gasteiger charge is 2.29. The number of fused-ring (bicyclic) bond motifs is 1. The first-order chi connectivity index (χ1) is 8.44. The monoisotopic (exact) mass is 263 g/mol. The third-order valence-electron chi connectivity index (χ3n) is 1.99. The Bertz CT molecular complexity index is 461. The molecule has 0 atom stereocenters. The van der Waals surface area contributed by atoms with E-state index < -0.39 is 18.9 Å². The smallest absolute Gasteiger partial charge is 0.422 e. The number of hydrogen-bond donors (Lipinski definition) is 1. The van der Waals surface area contributed by atoms with Crippen molar-refractivity contribution in [3.63, 3.8) is 0 Å². The second-order valence-electron chi connectivity index (χ2n) is 3.38. The maximum Gasteiger partial charge on any atom is 0.422 e. The quantitative estimate of drug-likeness (QED) is 0.890. The fourth-order valence-corrected chi connectivity index (χ4v) is 1.28. The Morgan fingerprint density at radius 3 is 2.78 bits per heavy atom. The molecule has 1 aliphatic rings. The van der Waals surface area contributed by atoms with E-state index in [4.69, 9.17) is 9.47 Å². The normalized spacial score (nSPS) is 13.3. The van der Waals surface area contributed by atoms with Crippen LogP contribution in [0.2, 0.25) is 0 Å². The molecule has 0 unspecified atom stereocenters. The predicted octanol–water partition coefficient (Wildman–Crippen LogP) is 2.53. The number of anilines is 1. The fourth-order valence-electron chi connectivity index (χ4n) is 1.28. The molecular weight excluding hydrogens is 255 g/mol. The van der Waals surface area contributed by atoms with Crippen molar-refractivity contribution in [3.8, 4) is 11.5 Å². The van der Waals surface area contributed by atoms with Crippen molar-refractivity contribution >= 4 is 11.8 Å². The second kappa shape index (κ2) is 4.63. The van der Waals surface area contributed by atoms with Gasteiger partial charge in [-0.3, -0.25) is 5.32 Å². The lowest BCUT2D eigenvalue weighted by atomic mass is 10.3. The van der Waals surface area contributed by atoms with Gasteiger partial charge in [0.2, 0.25) is 6.79 Å². The Labute approximate surface area is 99.4 Å². The van der Waals surface area contributed by atoms with Gasteiger partial charge in [-0.25, -0.2) is 4.79 Å². The standard InChI is InChI=1S/C10H8F3NO4/c11-10(12,13)4-16-9(15)14-6-1-2-7-8(3-6)18-5-17-7/h1-3H,4-5H2,(H,14,15). The zero-order valence-electron chi connectivity index (χ0n) is 8.91. The number of benzene rings is 1. The maximum atomic E-state index is 11.8. The Morgan fingerprint density at radius 1 is 1.33 bits per heavy atom. The van der Waals surface area contributed by atoms with E-state index >= 15 is 0 Å². The summed E-state index contributed by atoms with van der Waals surface area (Å²) in [6, 6.07) is 4.42. The van der Waals surface area contributed by atoms with Crippen LogP contribution in [0.15, 0.2) is 18.2 Å². The van der Waals surface area contributed by atoms with E-state index in [1.807, 2.05) is 0 Å². The number of halogens is 3. The summed E-state index contributed by atoms with van der Waals surface area (Å²) in [5.74, 6) is 0.910. The zero-order valence-corrected chi connectivity index (χ0v) is 8.91. The first-order valence-corrected chi connectivity index (χ1v) is 4.84. The third-order valence-corrected chi connectivity index (χ3v) is 1.99. The van der Waals surface area contributed by atoms with Crippen LogP contribution in [0, 0.1) is 0 Å². The molecule has 0 aliphatic carbocycles. The van der Waals surface area contributed by atoms with Crippen LogP contribution in [-0.4, -0.2) is 25.7 Å². The molecule has 2 rings (SSSR count). The van der Waals surface area contributed by atoms with Gasteiger partial charge in [-0.1, -0.05) is 0 Å². The van der Waals surface area contributed by atoms with Gasteiger partial charge in [0.25, 0.3) is 0 Å². The average Bonchev–Trinajstić information content (AvgIpc) is 2.72. The summed E-state index contributed by atoms with van der Waals surface area (Å²) in [6.45, 7) is -1.57. The summed E-state index contributed by atoms with van der Waals surface area (Å²) in [5.41, 5.74) is 0.256. The van der Waals surface area contributed by atoms with E-state index in [-0.39, 0.29) is 12.5 Å². The van der Waals surface area contributed by atoms with E-state index in [9.17, 15) is 18.0 Å². The van der Waals surface area contributed by atoms with Gasteiger partial charge in [-0.15, -0.1) is 0 Å². The summed E-state index contributed by atoms with van der Waals surface area (Å²) in [6.07, 6.45) is -5.74. The van der Waals surface area contributed by atoms with E-state index in [1.54, 1.807) is 0 Å². The van der Waals surface area contributed by atoms with Gasteiger partial charge < -0.3 is 14.2 Å². The molecule has 0 fully saturated rings. The molecule has 1 aromatic carbocycles. The highest BCUT2D eigenvalue weighted by atomic mass is 19.4. The van der Waals surface area contributed by atoms with Crippen LogP contribution in [0.4, 0.5) is 23.7 Å². The fraction of sp³-hybridized carbons (Fsp3) is 0.300. The van der Waals surface area contributed by atoms with Gasteiger partial charge in [0.1, 0.15) is 0 Å². The molecule has 0 spiro atoms. The molecule has 5 nitrogen and oxygen atoms in total. The molecule has 18 heavy (non-hydrogen) atoms. The molecule has 0 bridgehead atoms. The van der Waals surface area contributed by atoms with E-state index in [0.29, 0.717) is 11.5 Å². The van der Waals surface area contributed by atoms with Crippen molar-refractivity contribution in [3.05, 3.63) is 18.2 Å². The first-order valence-electron chi connectivity index (χ1n) is 4.84.